The van der Waals surface area contributed by atoms with Crippen molar-refractivity contribution in [1.29, 1.82) is 0 Å². The van der Waals surface area contributed by atoms with Crippen molar-refractivity contribution in [2.75, 3.05) is 0 Å². The van der Waals surface area contributed by atoms with Crippen molar-refractivity contribution >= 4 is 5.97 Å². The van der Waals surface area contributed by atoms with Gasteiger partial charge in [-0.2, -0.15) is 0 Å². The van der Waals surface area contributed by atoms with Crippen molar-refractivity contribution in [2.24, 2.45) is 0 Å². The van der Waals surface area contributed by atoms with E-state index in [0.717, 1.165) is 0 Å². The predicted molar refractivity (Wildman–Crippen MR) is 50.1 cm³/mol. The molecule has 1 aromatic rings. The van der Waals surface area contributed by atoms with Gasteiger partial charge in [-0.05, 0) is 29.7 Å². The summed E-state index contributed by atoms with van der Waals surface area (Å²) in [6.45, 7) is -1.88. The highest BCUT2D eigenvalue weighted by atomic mass is 16.4. The molecule has 1 unspecified atom stereocenters. The maximum Gasteiger partial charge on any atom is 0.321 e. The van der Waals surface area contributed by atoms with Gasteiger partial charge in [-0.3, -0.25) is 4.79 Å². The second kappa shape index (κ2) is 3.31. The Hall–Kier alpha value is -1.55. The van der Waals surface area contributed by atoms with Crippen molar-refractivity contribution in [3.8, 4) is 5.75 Å². The highest BCUT2D eigenvalue weighted by Gasteiger charge is 2.23. The van der Waals surface area contributed by atoms with E-state index in [4.69, 9.17) is 7.85 Å². The van der Waals surface area contributed by atoms with Gasteiger partial charge < -0.3 is 15.5 Å². The summed E-state index contributed by atoms with van der Waals surface area (Å²) in [7, 11) is 0. The molecule has 0 bridgehead atoms. The monoisotopic (exact) mass is 195 g/mol. The zero-order valence-corrected chi connectivity index (χ0v) is 7.32. The molecule has 0 saturated heterocycles. The Bertz CT molecular complexity index is 448. The number of aromatic hydroxyl groups is 1. The third-order valence-electron chi connectivity index (χ3n) is 2.19. The molecule has 74 valence electrons. The van der Waals surface area contributed by atoms with E-state index in [-0.39, 0.29) is 12.2 Å². The first kappa shape index (κ1) is 6.84. The Morgan fingerprint density at radius 1 is 1.57 bits per heavy atom. The van der Waals surface area contributed by atoms with Gasteiger partial charge >= 0.3 is 5.97 Å². The van der Waals surface area contributed by atoms with E-state index >= 15 is 0 Å². The molecule has 3 N–H and O–H groups in total. The fraction of sp³-hybridized carbons (Fsp3) is 0.300. The van der Waals surface area contributed by atoms with E-state index < -0.39 is 18.5 Å². The van der Waals surface area contributed by atoms with Crippen LogP contribution in [0.15, 0.2) is 18.2 Å². The Morgan fingerprint density at radius 3 is 3.07 bits per heavy atom. The van der Waals surface area contributed by atoms with Crippen LogP contribution in [0.3, 0.4) is 0 Å². The van der Waals surface area contributed by atoms with Crippen LogP contribution < -0.4 is 5.32 Å². The van der Waals surface area contributed by atoms with Crippen molar-refractivity contribution in [3.63, 3.8) is 0 Å². The number of benzene rings is 1. The Balaban J connectivity index is 2.47. The van der Waals surface area contributed by atoms with Crippen LogP contribution in [0.5, 0.6) is 5.75 Å². The first-order valence-electron chi connectivity index (χ1n) is 5.23. The Labute approximate surface area is 84.0 Å². The van der Waals surface area contributed by atoms with E-state index in [1.165, 1.54) is 18.2 Å². The van der Waals surface area contributed by atoms with Crippen LogP contribution in [-0.2, 0) is 17.7 Å². The minimum absolute atomic E-state index is 0.0144. The fourth-order valence-corrected chi connectivity index (χ4v) is 1.46. The van der Waals surface area contributed by atoms with Crippen LogP contribution in [0.25, 0.3) is 0 Å². The number of hydrogen-bond acceptors (Lipinski definition) is 3. The van der Waals surface area contributed by atoms with Crippen molar-refractivity contribution in [2.45, 2.75) is 19.0 Å². The standard InChI is InChI=1S/C10H11NO3/c12-8-2-1-6-5-11-9(10(13)14)4-7(6)3-8/h1-3,9,11-12H,4-5H2,(H,13,14)/i5D2. The number of phenols is 1. The normalized spacial score (nSPS) is 25.9. The number of carboxylic acid groups (broad SMARTS) is 1. The molecule has 0 aromatic heterocycles. The van der Waals surface area contributed by atoms with Gasteiger partial charge in [-0.25, -0.2) is 0 Å². The molecule has 0 amide bonds. The van der Waals surface area contributed by atoms with E-state index in [9.17, 15) is 9.90 Å². The molecule has 1 aromatic carbocycles. The molecule has 0 radical (unpaired) electrons. The topological polar surface area (TPSA) is 69.6 Å². The van der Waals surface area contributed by atoms with Gasteiger partial charge in [0.25, 0.3) is 0 Å². The molecule has 0 saturated carbocycles. The molecule has 0 aliphatic carbocycles. The number of aliphatic carboxylic acids is 1. The van der Waals surface area contributed by atoms with Crippen LogP contribution in [-0.4, -0.2) is 22.2 Å². The number of fused-ring (bicyclic) bond motifs is 1. The third-order valence-corrected chi connectivity index (χ3v) is 2.19. The summed E-state index contributed by atoms with van der Waals surface area (Å²) in [6.07, 6.45) is 0.165. The molecule has 4 heteroatoms. The average Bonchev–Trinajstić information content (AvgIpc) is 2.15. The number of hydrogen-bond donors (Lipinski definition) is 3. The molecular formula is C10H11NO3. The Kier molecular flexibility index (Phi) is 1.61. The molecule has 1 heterocycles. The minimum Gasteiger partial charge on any atom is -0.508 e. The number of nitrogens with one attached hydrogen (secondary N) is 1. The van der Waals surface area contributed by atoms with Crippen molar-refractivity contribution in [1.82, 2.24) is 5.32 Å². The molecule has 1 atom stereocenters. The van der Waals surface area contributed by atoms with Gasteiger partial charge in [0.05, 0.1) is 0 Å². The second-order valence-electron chi connectivity index (χ2n) is 3.21. The quantitative estimate of drug-likeness (QED) is 0.610. The third kappa shape index (κ3) is 1.56. The number of rotatable bonds is 1. The fourth-order valence-electron chi connectivity index (χ4n) is 1.46. The molecule has 4 nitrogen and oxygen atoms in total. The lowest BCUT2D eigenvalue weighted by molar-refractivity contribution is -0.139. The molecule has 14 heavy (non-hydrogen) atoms. The summed E-state index contributed by atoms with van der Waals surface area (Å²) in [5.41, 5.74) is 0.902. The van der Waals surface area contributed by atoms with Crippen LogP contribution in [0.4, 0.5) is 0 Å². The summed E-state index contributed by atoms with van der Waals surface area (Å²) in [5.74, 6) is -1.08. The van der Waals surface area contributed by atoms with Gasteiger partial charge in [0.2, 0.25) is 0 Å². The molecule has 2 rings (SSSR count). The van der Waals surface area contributed by atoms with E-state index in [1.54, 1.807) is 0 Å². The molecule has 0 spiro atoms. The highest BCUT2D eigenvalue weighted by Crippen LogP contribution is 2.21. The van der Waals surface area contributed by atoms with Crippen LogP contribution in [0.2, 0.25) is 0 Å². The lowest BCUT2D eigenvalue weighted by atomic mass is 9.96. The van der Waals surface area contributed by atoms with Crippen molar-refractivity contribution in [3.05, 3.63) is 29.3 Å². The van der Waals surface area contributed by atoms with Gasteiger partial charge in [0.15, 0.2) is 0 Å². The van der Waals surface area contributed by atoms with Crippen LogP contribution in [0.1, 0.15) is 13.9 Å². The van der Waals surface area contributed by atoms with Gasteiger partial charge in [0, 0.05) is 9.24 Å². The van der Waals surface area contributed by atoms with Gasteiger partial charge in [-0.15, -0.1) is 0 Å². The first-order valence-corrected chi connectivity index (χ1v) is 4.23. The molecule has 1 aliphatic heterocycles. The zero-order valence-electron chi connectivity index (χ0n) is 9.32. The average molecular weight is 195 g/mol. The minimum atomic E-state index is -1.88. The number of phenolic OH excluding ortho intramolecular Hbond substituents is 1. The molecule has 0 fully saturated rings. The first-order chi connectivity index (χ1) is 7.40. The lowest BCUT2D eigenvalue weighted by Crippen LogP contribution is -2.41. The summed E-state index contributed by atoms with van der Waals surface area (Å²) in [5, 5.41) is 20.6. The smallest absolute Gasteiger partial charge is 0.321 e. The number of carboxylic acids is 1. The second-order valence-corrected chi connectivity index (χ2v) is 3.21. The summed E-state index contributed by atoms with van der Waals surface area (Å²) >= 11 is 0. The highest BCUT2D eigenvalue weighted by molar-refractivity contribution is 5.74. The predicted octanol–water partition coefficient (Wildman–Crippen LogP) is 0.491. The molecular weight excluding hydrogens is 182 g/mol. The van der Waals surface area contributed by atoms with Crippen LogP contribution >= 0.6 is 0 Å². The summed E-state index contributed by atoms with van der Waals surface area (Å²) < 4.78 is 15.4. The summed E-state index contributed by atoms with van der Waals surface area (Å²) in [4.78, 5) is 10.8. The van der Waals surface area contributed by atoms with E-state index in [0.29, 0.717) is 11.1 Å². The van der Waals surface area contributed by atoms with Gasteiger partial charge in [0.1, 0.15) is 11.8 Å². The van der Waals surface area contributed by atoms with Crippen LogP contribution in [0, 0.1) is 0 Å². The SMILES string of the molecule is [2H]C1([2H])NC(C(=O)O)Cc2cc(O)ccc21. The maximum absolute atomic E-state index is 10.8. The zero-order chi connectivity index (χ0) is 11.9. The summed E-state index contributed by atoms with van der Waals surface area (Å²) in [6, 6.07) is 3.29. The van der Waals surface area contributed by atoms with E-state index in [1.807, 2.05) is 0 Å². The lowest BCUT2D eigenvalue weighted by Gasteiger charge is -2.22. The van der Waals surface area contributed by atoms with Crippen molar-refractivity contribution < 1.29 is 17.7 Å². The Morgan fingerprint density at radius 2 is 2.36 bits per heavy atom. The number of carbonyl (C=O) groups is 1. The van der Waals surface area contributed by atoms with E-state index in [2.05, 4.69) is 5.32 Å². The maximum atomic E-state index is 10.8. The molecule has 1 aliphatic rings. The van der Waals surface area contributed by atoms with Gasteiger partial charge in [-0.1, -0.05) is 6.07 Å². The largest absolute Gasteiger partial charge is 0.508 e.